The third kappa shape index (κ3) is 2.90. The Morgan fingerprint density at radius 3 is 2.80 bits per heavy atom. The first kappa shape index (κ1) is 16.7. The summed E-state index contributed by atoms with van der Waals surface area (Å²) in [5.74, 6) is 1.12. The van der Waals surface area contributed by atoms with Gasteiger partial charge in [-0.1, -0.05) is 35.4 Å². The molecule has 25 heavy (non-hydrogen) atoms. The summed E-state index contributed by atoms with van der Waals surface area (Å²) >= 11 is 6.39. The SMILES string of the molecule is COc1ccc(C2Nc3c(C)cc(C)cc3C3OCCCC23)cc1Cl. The van der Waals surface area contributed by atoms with E-state index in [1.54, 1.807) is 7.11 Å². The van der Waals surface area contributed by atoms with Crippen molar-refractivity contribution in [1.82, 2.24) is 0 Å². The first-order chi connectivity index (χ1) is 12.1. The van der Waals surface area contributed by atoms with Crippen LogP contribution < -0.4 is 10.1 Å². The molecule has 3 nitrogen and oxygen atoms in total. The molecule has 132 valence electrons. The van der Waals surface area contributed by atoms with E-state index in [0.29, 0.717) is 16.7 Å². The normalized spacial score (nSPS) is 24.9. The molecule has 4 rings (SSSR count). The minimum Gasteiger partial charge on any atom is -0.495 e. The van der Waals surface area contributed by atoms with Crippen molar-refractivity contribution in [2.24, 2.45) is 5.92 Å². The maximum Gasteiger partial charge on any atom is 0.137 e. The predicted molar refractivity (Wildman–Crippen MR) is 102 cm³/mol. The van der Waals surface area contributed by atoms with E-state index >= 15 is 0 Å². The summed E-state index contributed by atoms with van der Waals surface area (Å²) < 4.78 is 11.6. The fourth-order valence-electron chi connectivity index (χ4n) is 4.36. The van der Waals surface area contributed by atoms with E-state index in [-0.39, 0.29) is 12.1 Å². The van der Waals surface area contributed by atoms with Crippen LogP contribution >= 0.6 is 11.6 Å². The van der Waals surface area contributed by atoms with Crippen LogP contribution in [0.5, 0.6) is 5.75 Å². The summed E-state index contributed by atoms with van der Waals surface area (Å²) in [6.07, 6.45) is 2.40. The van der Waals surface area contributed by atoms with Gasteiger partial charge in [0, 0.05) is 23.8 Å². The van der Waals surface area contributed by atoms with Gasteiger partial charge in [0.05, 0.1) is 24.3 Å². The van der Waals surface area contributed by atoms with E-state index < -0.39 is 0 Å². The lowest BCUT2D eigenvalue weighted by atomic mass is 9.76. The lowest BCUT2D eigenvalue weighted by Gasteiger charge is -2.44. The van der Waals surface area contributed by atoms with Crippen molar-refractivity contribution < 1.29 is 9.47 Å². The second-order valence-corrected chi connectivity index (χ2v) is 7.57. The predicted octanol–water partition coefficient (Wildman–Crippen LogP) is 5.60. The molecule has 2 heterocycles. The van der Waals surface area contributed by atoms with Gasteiger partial charge in [0.25, 0.3) is 0 Å². The maximum atomic E-state index is 6.39. The zero-order valence-electron chi connectivity index (χ0n) is 14.9. The van der Waals surface area contributed by atoms with E-state index in [0.717, 1.165) is 19.4 Å². The molecule has 2 aromatic carbocycles. The summed E-state index contributed by atoms with van der Waals surface area (Å²) in [5.41, 5.74) is 6.27. The van der Waals surface area contributed by atoms with Gasteiger partial charge < -0.3 is 14.8 Å². The van der Waals surface area contributed by atoms with Gasteiger partial charge in [0.1, 0.15) is 5.75 Å². The van der Waals surface area contributed by atoms with Crippen LogP contribution in [0.2, 0.25) is 5.02 Å². The minimum absolute atomic E-state index is 0.148. The second-order valence-electron chi connectivity index (χ2n) is 7.16. The number of fused-ring (bicyclic) bond motifs is 3. The third-order valence-corrected chi connectivity index (χ3v) is 5.74. The smallest absolute Gasteiger partial charge is 0.137 e. The summed E-state index contributed by atoms with van der Waals surface area (Å²) in [6, 6.07) is 10.8. The molecule has 0 radical (unpaired) electrons. The lowest BCUT2D eigenvalue weighted by molar-refractivity contribution is -0.0382. The van der Waals surface area contributed by atoms with Gasteiger partial charge in [-0.25, -0.2) is 0 Å². The number of halogens is 1. The summed E-state index contributed by atoms with van der Waals surface area (Å²) in [4.78, 5) is 0. The number of hydrogen-bond acceptors (Lipinski definition) is 3. The summed E-state index contributed by atoms with van der Waals surface area (Å²) in [6.45, 7) is 5.16. The first-order valence-corrected chi connectivity index (χ1v) is 9.29. The highest BCUT2D eigenvalue weighted by molar-refractivity contribution is 6.32. The van der Waals surface area contributed by atoms with E-state index in [1.807, 2.05) is 12.1 Å². The molecule has 3 atom stereocenters. The van der Waals surface area contributed by atoms with Crippen molar-refractivity contribution >= 4 is 17.3 Å². The summed E-state index contributed by atoms with van der Waals surface area (Å²) in [7, 11) is 1.65. The van der Waals surface area contributed by atoms with Crippen molar-refractivity contribution in [2.75, 3.05) is 19.0 Å². The van der Waals surface area contributed by atoms with Crippen LogP contribution in [0.1, 0.15) is 47.2 Å². The molecule has 1 fully saturated rings. The lowest BCUT2D eigenvalue weighted by Crippen LogP contribution is -2.36. The molecular weight excluding hydrogens is 334 g/mol. The van der Waals surface area contributed by atoms with Gasteiger partial charge in [-0.2, -0.15) is 0 Å². The molecule has 1 saturated heterocycles. The molecule has 0 aliphatic carbocycles. The van der Waals surface area contributed by atoms with Gasteiger partial charge in [-0.3, -0.25) is 0 Å². The van der Waals surface area contributed by atoms with Gasteiger partial charge in [-0.05, 0) is 49.9 Å². The Morgan fingerprint density at radius 2 is 2.04 bits per heavy atom. The monoisotopic (exact) mass is 357 g/mol. The van der Waals surface area contributed by atoms with Crippen LogP contribution in [-0.2, 0) is 4.74 Å². The van der Waals surface area contributed by atoms with Crippen LogP contribution in [0, 0.1) is 19.8 Å². The van der Waals surface area contributed by atoms with E-state index in [4.69, 9.17) is 21.1 Å². The van der Waals surface area contributed by atoms with Crippen molar-refractivity contribution in [3.63, 3.8) is 0 Å². The summed E-state index contributed by atoms with van der Waals surface area (Å²) in [5, 5.41) is 4.45. The first-order valence-electron chi connectivity index (χ1n) is 8.91. The van der Waals surface area contributed by atoms with Crippen LogP contribution in [-0.4, -0.2) is 13.7 Å². The number of benzene rings is 2. The van der Waals surface area contributed by atoms with Crippen LogP contribution in [0.15, 0.2) is 30.3 Å². The highest BCUT2D eigenvalue weighted by atomic mass is 35.5. The highest BCUT2D eigenvalue weighted by Crippen LogP contribution is 2.50. The topological polar surface area (TPSA) is 30.5 Å². The molecule has 0 amide bonds. The number of ether oxygens (including phenoxy) is 2. The maximum absolute atomic E-state index is 6.39. The molecule has 4 heteroatoms. The quantitative estimate of drug-likeness (QED) is 0.758. The molecule has 3 unspecified atom stereocenters. The van der Waals surface area contributed by atoms with Gasteiger partial charge >= 0.3 is 0 Å². The Balaban J connectivity index is 1.79. The van der Waals surface area contributed by atoms with Gasteiger partial charge in [-0.15, -0.1) is 0 Å². The van der Waals surface area contributed by atoms with Crippen molar-refractivity contribution in [1.29, 1.82) is 0 Å². The van der Waals surface area contributed by atoms with Crippen molar-refractivity contribution in [3.8, 4) is 5.75 Å². The van der Waals surface area contributed by atoms with Gasteiger partial charge in [0.2, 0.25) is 0 Å². The van der Waals surface area contributed by atoms with Crippen LogP contribution in [0.25, 0.3) is 0 Å². The Labute approximate surface area is 154 Å². The molecule has 0 saturated carbocycles. The largest absolute Gasteiger partial charge is 0.495 e. The molecular formula is C21H24ClNO2. The Morgan fingerprint density at radius 1 is 1.20 bits per heavy atom. The molecule has 2 aromatic rings. The number of hydrogen-bond donors (Lipinski definition) is 1. The Kier molecular flexibility index (Phi) is 4.38. The Bertz CT molecular complexity index is 805. The number of aryl methyl sites for hydroxylation is 2. The molecule has 0 spiro atoms. The van der Waals surface area contributed by atoms with Crippen LogP contribution in [0.3, 0.4) is 0 Å². The standard InChI is InChI=1S/C21H24ClNO2/c1-12-9-13(2)19-16(10-12)21-15(5-4-8-25-21)20(23-19)14-6-7-18(24-3)17(22)11-14/h6-7,9-11,15,20-21,23H,4-5,8H2,1-3H3. The van der Waals surface area contributed by atoms with E-state index in [9.17, 15) is 0 Å². The second kappa shape index (κ2) is 6.54. The van der Waals surface area contributed by atoms with Gasteiger partial charge in [0.15, 0.2) is 0 Å². The fraction of sp³-hybridized carbons (Fsp3) is 0.429. The number of anilines is 1. The molecule has 2 aliphatic rings. The number of methoxy groups -OCH3 is 1. The zero-order chi connectivity index (χ0) is 17.6. The average Bonchev–Trinajstić information content (AvgIpc) is 2.61. The van der Waals surface area contributed by atoms with Crippen LogP contribution in [0.4, 0.5) is 5.69 Å². The van der Waals surface area contributed by atoms with Crippen molar-refractivity contribution in [3.05, 3.63) is 57.6 Å². The third-order valence-electron chi connectivity index (χ3n) is 5.45. The molecule has 2 aliphatic heterocycles. The highest BCUT2D eigenvalue weighted by Gasteiger charge is 2.40. The molecule has 0 bridgehead atoms. The minimum atomic E-state index is 0.148. The Hall–Kier alpha value is -1.71. The fourth-order valence-corrected chi connectivity index (χ4v) is 4.62. The molecule has 0 aromatic heterocycles. The van der Waals surface area contributed by atoms with Crippen molar-refractivity contribution in [2.45, 2.75) is 38.8 Å². The zero-order valence-corrected chi connectivity index (χ0v) is 15.7. The molecule has 1 N–H and O–H groups in total. The van der Waals surface area contributed by atoms with E-state index in [1.165, 1.54) is 27.9 Å². The average molecular weight is 358 g/mol. The number of rotatable bonds is 2. The number of nitrogens with one attached hydrogen (secondary N) is 1. The van der Waals surface area contributed by atoms with E-state index in [2.05, 4.69) is 37.4 Å².